The third kappa shape index (κ3) is 6.71. The summed E-state index contributed by atoms with van der Waals surface area (Å²) in [5.41, 5.74) is 1.88. The van der Waals surface area contributed by atoms with E-state index in [1.165, 1.54) is 6.07 Å². The van der Waals surface area contributed by atoms with Gasteiger partial charge in [0.05, 0.1) is 5.02 Å². The monoisotopic (exact) mass is 569 g/mol. The van der Waals surface area contributed by atoms with Crippen molar-refractivity contribution in [3.8, 4) is 17.2 Å². The van der Waals surface area contributed by atoms with Crippen LogP contribution >= 0.6 is 11.6 Å². The van der Waals surface area contributed by atoms with Crippen molar-refractivity contribution in [1.29, 1.82) is 0 Å². The van der Waals surface area contributed by atoms with E-state index in [1.807, 2.05) is 20.8 Å². The van der Waals surface area contributed by atoms with E-state index in [0.717, 1.165) is 4.90 Å². The van der Waals surface area contributed by atoms with Gasteiger partial charge in [0.15, 0.2) is 0 Å². The molecular weight excluding hydrogens is 528 g/mol. The highest BCUT2D eigenvalue weighted by Gasteiger charge is 2.54. The summed E-state index contributed by atoms with van der Waals surface area (Å²) in [4.78, 5) is 27.7. The normalized spacial score (nSPS) is 17.2. The number of benzene rings is 1. The van der Waals surface area contributed by atoms with Gasteiger partial charge in [-0.3, -0.25) is 9.69 Å². The van der Waals surface area contributed by atoms with Crippen LogP contribution in [0.15, 0.2) is 18.2 Å². The Morgan fingerprint density at radius 3 is 1.92 bits per heavy atom. The summed E-state index contributed by atoms with van der Waals surface area (Å²) in [7, 11) is -2.33. The lowest BCUT2D eigenvalue weighted by molar-refractivity contribution is -0.150. The topological polar surface area (TPSA) is 66.8 Å². The molecule has 38 heavy (non-hydrogen) atoms. The number of amides is 1. The number of halogens is 3. The first kappa shape index (κ1) is 32.1. The molecule has 2 rings (SSSR count). The fourth-order valence-electron chi connectivity index (χ4n) is 5.81. The van der Waals surface area contributed by atoms with E-state index in [0.29, 0.717) is 5.75 Å². The number of alkyl halides is 2. The van der Waals surface area contributed by atoms with Gasteiger partial charge in [-0.05, 0) is 74.4 Å². The number of carbonyl (C=O) groups excluding carboxylic acids is 1. The van der Waals surface area contributed by atoms with Crippen LogP contribution < -0.4 is 9.64 Å². The highest BCUT2D eigenvalue weighted by Crippen LogP contribution is 2.45. The lowest BCUT2D eigenvalue weighted by Gasteiger charge is -2.44. The second-order valence-corrected chi connectivity index (χ2v) is 18.3. The molecule has 0 heterocycles. The first-order valence-electron chi connectivity index (χ1n) is 13.3. The average Bonchev–Trinajstić information content (AvgIpc) is 2.75. The van der Waals surface area contributed by atoms with Gasteiger partial charge in [0.1, 0.15) is 25.0 Å². The number of carboxylic acid groups (broad SMARTS) is 1. The number of ether oxygens (including phenoxy) is 1. The van der Waals surface area contributed by atoms with Gasteiger partial charge >= 0.3 is 11.9 Å². The third-order valence-electron chi connectivity index (χ3n) is 7.68. The van der Waals surface area contributed by atoms with Crippen molar-refractivity contribution >= 4 is 37.2 Å². The Bertz CT molecular complexity index is 1070. The van der Waals surface area contributed by atoms with Gasteiger partial charge < -0.3 is 9.84 Å². The maximum absolute atomic E-state index is 14.2. The van der Waals surface area contributed by atoms with E-state index in [4.69, 9.17) is 16.3 Å². The molecule has 1 aliphatic rings. The van der Waals surface area contributed by atoms with E-state index >= 15 is 0 Å². The van der Waals surface area contributed by atoms with Crippen LogP contribution in [0.2, 0.25) is 21.6 Å². The summed E-state index contributed by atoms with van der Waals surface area (Å²) >= 11 is 6.51. The molecule has 1 N–H and O–H groups in total. The lowest BCUT2D eigenvalue weighted by atomic mass is 9.78. The van der Waals surface area contributed by atoms with Gasteiger partial charge in [0, 0.05) is 18.5 Å². The van der Waals surface area contributed by atoms with Gasteiger partial charge in [-0.1, -0.05) is 53.1 Å². The molecule has 1 aliphatic carbocycles. The summed E-state index contributed by atoms with van der Waals surface area (Å²) in [5, 5.41) is 10.6. The van der Waals surface area contributed by atoms with Crippen LogP contribution in [0.4, 0.5) is 14.5 Å². The molecule has 0 aromatic heterocycles. The molecule has 1 amide bonds. The first-order valence-corrected chi connectivity index (χ1v) is 15.9. The summed E-state index contributed by atoms with van der Waals surface area (Å²) in [6, 6.07) is 4.57. The molecule has 1 saturated carbocycles. The largest absolute Gasteiger partial charge is 0.487 e. The number of nitrogens with zero attached hydrogens (tertiary/aromatic N) is 1. The van der Waals surface area contributed by atoms with Crippen molar-refractivity contribution in [3.05, 3.63) is 23.2 Å². The fraction of sp³-hybridized carbons (Fsp3) is 0.655. The van der Waals surface area contributed by atoms with Gasteiger partial charge in [-0.25, -0.2) is 13.6 Å². The number of aliphatic carboxylic acids is 1. The Morgan fingerprint density at radius 2 is 1.53 bits per heavy atom. The van der Waals surface area contributed by atoms with Crippen LogP contribution in [0.1, 0.15) is 88.0 Å². The minimum absolute atomic E-state index is 0.181. The summed E-state index contributed by atoms with van der Waals surface area (Å²) in [6.07, 6.45) is -2.08. The standard InChI is InChI=1S/C29H42ClF2NO4Si/c1-19(2)38(20(3)4,21(5)6)17-12-25(34)33(28(26(35)36)13-15-29(31,32)16-14-28)22-10-11-24(23(30)18-22)37-27(7,8)9/h10-11,18-21H,13-16H2,1-9H3,(H,35,36). The Morgan fingerprint density at radius 1 is 1.03 bits per heavy atom. The minimum atomic E-state index is -2.99. The second kappa shape index (κ2) is 11.6. The maximum Gasteiger partial charge on any atom is 0.330 e. The molecule has 9 heteroatoms. The molecule has 0 bridgehead atoms. The molecular formula is C29H42ClF2NO4Si. The predicted molar refractivity (Wildman–Crippen MR) is 152 cm³/mol. The number of carbonyl (C=O) groups is 2. The van der Waals surface area contributed by atoms with Crippen molar-refractivity contribution in [2.24, 2.45) is 0 Å². The zero-order valence-corrected chi connectivity index (χ0v) is 25.8. The van der Waals surface area contributed by atoms with E-state index in [9.17, 15) is 23.5 Å². The second-order valence-electron chi connectivity index (χ2n) is 12.3. The fourth-order valence-corrected chi connectivity index (χ4v) is 11.2. The van der Waals surface area contributed by atoms with Crippen LogP contribution in [-0.4, -0.2) is 42.1 Å². The SMILES string of the molecule is CC(C)[Si](C#CC(=O)N(c1ccc(OC(C)(C)C)c(Cl)c1)C1(C(=O)O)CCC(F)(F)CC1)(C(C)C)C(C)C. The van der Waals surface area contributed by atoms with Crippen molar-refractivity contribution in [2.75, 3.05) is 4.90 Å². The summed E-state index contributed by atoms with van der Waals surface area (Å²) in [5.74, 6) is -1.88. The van der Waals surface area contributed by atoms with Gasteiger partial charge in [0.2, 0.25) is 5.92 Å². The van der Waals surface area contributed by atoms with Crippen molar-refractivity contribution in [3.63, 3.8) is 0 Å². The highest BCUT2D eigenvalue weighted by atomic mass is 35.5. The molecule has 1 aromatic carbocycles. The minimum Gasteiger partial charge on any atom is -0.487 e. The molecule has 1 aromatic rings. The molecule has 0 aliphatic heterocycles. The molecule has 0 saturated heterocycles. The van der Waals surface area contributed by atoms with Gasteiger partial charge in [-0.2, -0.15) is 0 Å². The lowest BCUT2D eigenvalue weighted by Crippen LogP contribution is -2.60. The Balaban J connectivity index is 2.73. The molecule has 0 unspecified atom stereocenters. The summed E-state index contributed by atoms with van der Waals surface area (Å²) < 4.78 is 34.2. The number of anilines is 1. The molecule has 0 spiro atoms. The van der Waals surface area contributed by atoms with E-state index in [-0.39, 0.29) is 27.3 Å². The molecule has 212 valence electrons. The Labute approximate surface area is 232 Å². The average molecular weight is 570 g/mol. The molecule has 5 nitrogen and oxygen atoms in total. The quantitative estimate of drug-likeness (QED) is 0.266. The predicted octanol–water partition coefficient (Wildman–Crippen LogP) is 8.10. The van der Waals surface area contributed by atoms with E-state index in [1.54, 1.807) is 12.1 Å². The molecule has 0 atom stereocenters. The number of rotatable bonds is 7. The van der Waals surface area contributed by atoms with Crippen LogP contribution in [0.5, 0.6) is 5.75 Å². The van der Waals surface area contributed by atoms with E-state index < -0.39 is 62.7 Å². The highest BCUT2D eigenvalue weighted by molar-refractivity contribution is 6.90. The van der Waals surface area contributed by atoms with Crippen LogP contribution in [0.25, 0.3) is 0 Å². The maximum atomic E-state index is 14.2. The van der Waals surface area contributed by atoms with Crippen LogP contribution in [-0.2, 0) is 9.59 Å². The number of carboxylic acids is 1. The van der Waals surface area contributed by atoms with E-state index in [2.05, 4.69) is 53.0 Å². The smallest absolute Gasteiger partial charge is 0.330 e. The van der Waals surface area contributed by atoms with Gasteiger partial charge in [-0.15, -0.1) is 5.54 Å². The van der Waals surface area contributed by atoms with Crippen LogP contribution in [0.3, 0.4) is 0 Å². The van der Waals surface area contributed by atoms with Crippen molar-refractivity contribution in [2.45, 2.75) is 122 Å². The third-order valence-corrected chi connectivity index (χ3v) is 14.3. The molecule has 1 fully saturated rings. The van der Waals surface area contributed by atoms with Crippen molar-refractivity contribution < 1.29 is 28.2 Å². The molecule has 0 radical (unpaired) electrons. The van der Waals surface area contributed by atoms with Gasteiger partial charge in [0.25, 0.3) is 0 Å². The number of hydrogen-bond acceptors (Lipinski definition) is 3. The Hall–Kier alpha value is -2.11. The zero-order valence-electron chi connectivity index (χ0n) is 24.0. The zero-order chi connectivity index (χ0) is 29.3. The van der Waals surface area contributed by atoms with Crippen molar-refractivity contribution in [1.82, 2.24) is 0 Å². The van der Waals surface area contributed by atoms with Crippen LogP contribution in [0, 0.1) is 11.5 Å². The first-order chi connectivity index (χ1) is 17.3. The number of hydrogen-bond donors (Lipinski definition) is 1. The Kier molecular flexibility index (Phi) is 9.76. The summed E-state index contributed by atoms with van der Waals surface area (Å²) in [6.45, 7) is 18.2.